The number of fused-ring (bicyclic) bond motifs is 1. The second-order valence-corrected chi connectivity index (χ2v) is 5.96. The lowest BCUT2D eigenvalue weighted by atomic mass is 9.85. The zero-order valence-electron chi connectivity index (χ0n) is 10.3. The molecule has 1 saturated carbocycles. The number of nitrogens with two attached hydrogens (primary N) is 1. The van der Waals surface area contributed by atoms with Gasteiger partial charge in [-0.2, -0.15) is 4.98 Å². The normalized spacial score (nSPS) is 27.1. The predicted octanol–water partition coefficient (Wildman–Crippen LogP) is 2.29. The van der Waals surface area contributed by atoms with E-state index in [2.05, 4.69) is 36.2 Å². The summed E-state index contributed by atoms with van der Waals surface area (Å²) in [5, 5.41) is 0. The standard InChI is InChI=1S/C12H18BrN5/c13-9-7-15-12(17-14)16-11(9)18-6-5-8-3-1-2-4-10(8)18/h7-8,10H,1-6,14H2,(H,15,16,17). The van der Waals surface area contributed by atoms with Crippen molar-refractivity contribution in [2.75, 3.05) is 16.9 Å². The van der Waals surface area contributed by atoms with Gasteiger partial charge in [0.1, 0.15) is 5.82 Å². The van der Waals surface area contributed by atoms with E-state index in [1.54, 1.807) is 6.20 Å². The molecule has 1 aliphatic heterocycles. The van der Waals surface area contributed by atoms with Crippen molar-refractivity contribution in [1.29, 1.82) is 0 Å². The molecule has 1 aromatic heterocycles. The number of hydrazine groups is 1. The van der Waals surface area contributed by atoms with Crippen molar-refractivity contribution in [1.82, 2.24) is 9.97 Å². The van der Waals surface area contributed by atoms with E-state index < -0.39 is 0 Å². The summed E-state index contributed by atoms with van der Waals surface area (Å²) in [6.45, 7) is 1.09. The van der Waals surface area contributed by atoms with Crippen molar-refractivity contribution < 1.29 is 0 Å². The summed E-state index contributed by atoms with van der Waals surface area (Å²) < 4.78 is 0.952. The van der Waals surface area contributed by atoms with Gasteiger partial charge in [0.05, 0.1) is 4.47 Å². The van der Waals surface area contributed by atoms with E-state index in [1.807, 2.05) is 0 Å². The molecule has 1 saturated heterocycles. The first-order valence-corrected chi connectivity index (χ1v) is 7.34. The SMILES string of the molecule is NNc1ncc(Br)c(N2CCC3CCCCC32)n1. The number of nitrogens with zero attached hydrogens (tertiary/aromatic N) is 3. The molecule has 18 heavy (non-hydrogen) atoms. The number of nitrogen functional groups attached to an aromatic ring is 1. The van der Waals surface area contributed by atoms with Gasteiger partial charge in [0.2, 0.25) is 5.95 Å². The maximum absolute atomic E-state index is 5.39. The average Bonchev–Trinajstić information content (AvgIpc) is 2.83. The third kappa shape index (κ3) is 2.07. The lowest BCUT2D eigenvalue weighted by Crippen LogP contribution is -2.35. The predicted molar refractivity (Wildman–Crippen MR) is 75.3 cm³/mol. The van der Waals surface area contributed by atoms with Crippen LogP contribution in [0.2, 0.25) is 0 Å². The third-order valence-electron chi connectivity index (χ3n) is 4.14. The number of nitrogens with one attached hydrogen (secondary N) is 1. The summed E-state index contributed by atoms with van der Waals surface area (Å²) in [6.07, 6.45) is 8.43. The highest BCUT2D eigenvalue weighted by Gasteiger charge is 2.37. The molecule has 2 aliphatic rings. The largest absolute Gasteiger partial charge is 0.352 e. The summed E-state index contributed by atoms with van der Waals surface area (Å²) in [5.74, 6) is 7.69. The van der Waals surface area contributed by atoms with Crippen LogP contribution in [0.3, 0.4) is 0 Å². The number of rotatable bonds is 2. The van der Waals surface area contributed by atoms with Crippen LogP contribution in [0.5, 0.6) is 0 Å². The van der Waals surface area contributed by atoms with Gasteiger partial charge in [0.25, 0.3) is 0 Å². The second-order valence-electron chi connectivity index (χ2n) is 5.10. The summed E-state index contributed by atoms with van der Waals surface area (Å²) in [6, 6.07) is 0.649. The lowest BCUT2D eigenvalue weighted by molar-refractivity contribution is 0.341. The van der Waals surface area contributed by atoms with Crippen LogP contribution in [-0.4, -0.2) is 22.6 Å². The van der Waals surface area contributed by atoms with Crippen LogP contribution in [0.25, 0.3) is 0 Å². The number of anilines is 2. The van der Waals surface area contributed by atoms with Crippen molar-refractivity contribution >= 4 is 27.7 Å². The number of hydrogen-bond donors (Lipinski definition) is 2. The summed E-state index contributed by atoms with van der Waals surface area (Å²) in [7, 11) is 0. The Kier molecular flexibility index (Phi) is 3.39. The van der Waals surface area contributed by atoms with E-state index >= 15 is 0 Å². The maximum Gasteiger partial charge on any atom is 0.239 e. The molecule has 1 aliphatic carbocycles. The lowest BCUT2D eigenvalue weighted by Gasteiger charge is -2.32. The van der Waals surface area contributed by atoms with Gasteiger partial charge in [-0.05, 0) is 41.1 Å². The summed E-state index contributed by atoms with van der Waals surface area (Å²) >= 11 is 3.55. The third-order valence-corrected chi connectivity index (χ3v) is 4.70. The highest BCUT2D eigenvalue weighted by molar-refractivity contribution is 9.10. The first-order valence-electron chi connectivity index (χ1n) is 6.55. The van der Waals surface area contributed by atoms with Gasteiger partial charge in [-0.25, -0.2) is 10.8 Å². The fourth-order valence-corrected chi connectivity index (χ4v) is 3.72. The van der Waals surface area contributed by atoms with Crippen molar-refractivity contribution in [2.24, 2.45) is 11.8 Å². The van der Waals surface area contributed by atoms with E-state index in [9.17, 15) is 0 Å². The second kappa shape index (κ2) is 5.01. The van der Waals surface area contributed by atoms with Crippen LogP contribution in [-0.2, 0) is 0 Å². The Morgan fingerprint density at radius 3 is 3.00 bits per heavy atom. The van der Waals surface area contributed by atoms with E-state index in [1.165, 1.54) is 32.1 Å². The minimum atomic E-state index is 0.479. The van der Waals surface area contributed by atoms with Gasteiger partial charge < -0.3 is 4.90 Å². The molecule has 2 heterocycles. The van der Waals surface area contributed by atoms with Crippen molar-refractivity contribution in [3.63, 3.8) is 0 Å². The first-order chi connectivity index (χ1) is 8.79. The molecule has 2 atom stereocenters. The molecule has 2 fully saturated rings. The molecule has 1 aromatic rings. The van der Waals surface area contributed by atoms with E-state index in [0.29, 0.717) is 12.0 Å². The zero-order chi connectivity index (χ0) is 12.5. The Balaban J connectivity index is 1.90. The van der Waals surface area contributed by atoms with Crippen LogP contribution in [0, 0.1) is 5.92 Å². The molecule has 0 spiro atoms. The molecule has 5 nitrogen and oxygen atoms in total. The minimum absolute atomic E-state index is 0.479. The highest BCUT2D eigenvalue weighted by atomic mass is 79.9. The van der Waals surface area contributed by atoms with Gasteiger partial charge in [0, 0.05) is 18.8 Å². The zero-order valence-corrected chi connectivity index (χ0v) is 11.9. The number of halogens is 1. The van der Waals surface area contributed by atoms with Gasteiger partial charge in [-0.15, -0.1) is 0 Å². The molecule has 0 amide bonds. The highest BCUT2D eigenvalue weighted by Crippen LogP contribution is 2.40. The van der Waals surface area contributed by atoms with Gasteiger partial charge in [-0.1, -0.05) is 12.8 Å². The van der Waals surface area contributed by atoms with E-state index in [-0.39, 0.29) is 0 Å². The molecule has 0 aromatic carbocycles. The monoisotopic (exact) mass is 311 g/mol. The first kappa shape index (κ1) is 12.2. The van der Waals surface area contributed by atoms with Crippen molar-refractivity contribution in [3.8, 4) is 0 Å². The average molecular weight is 312 g/mol. The smallest absolute Gasteiger partial charge is 0.239 e. The molecular weight excluding hydrogens is 294 g/mol. The topological polar surface area (TPSA) is 67.1 Å². The molecule has 3 rings (SSSR count). The minimum Gasteiger partial charge on any atom is -0.352 e. The van der Waals surface area contributed by atoms with Crippen LogP contribution in [0.4, 0.5) is 11.8 Å². The molecular formula is C12H18BrN5. The van der Waals surface area contributed by atoms with E-state index in [0.717, 1.165) is 22.8 Å². The Bertz CT molecular complexity index is 438. The van der Waals surface area contributed by atoms with E-state index in [4.69, 9.17) is 5.84 Å². The quantitative estimate of drug-likeness (QED) is 0.648. The Morgan fingerprint density at radius 2 is 2.17 bits per heavy atom. The van der Waals surface area contributed by atoms with Crippen LogP contribution in [0.15, 0.2) is 10.7 Å². The Hall–Kier alpha value is -0.880. The molecule has 6 heteroatoms. The number of aromatic nitrogens is 2. The Labute approximate surface area is 115 Å². The molecule has 0 bridgehead atoms. The van der Waals surface area contributed by atoms with Crippen molar-refractivity contribution in [2.45, 2.75) is 38.1 Å². The number of hydrogen-bond acceptors (Lipinski definition) is 5. The molecule has 2 unspecified atom stereocenters. The van der Waals surface area contributed by atoms with Crippen molar-refractivity contribution in [3.05, 3.63) is 10.7 Å². The fourth-order valence-electron chi connectivity index (χ4n) is 3.30. The molecule has 0 radical (unpaired) electrons. The van der Waals surface area contributed by atoms with Gasteiger partial charge in [0.15, 0.2) is 0 Å². The van der Waals surface area contributed by atoms with Gasteiger partial charge >= 0.3 is 0 Å². The van der Waals surface area contributed by atoms with Crippen LogP contribution >= 0.6 is 15.9 Å². The maximum atomic E-state index is 5.39. The Morgan fingerprint density at radius 1 is 1.33 bits per heavy atom. The summed E-state index contributed by atoms with van der Waals surface area (Å²) in [4.78, 5) is 11.0. The van der Waals surface area contributed by atoms with Crippen LogP contribution in [0.1, 0.15) is 32.1 Å². The van der Waals surface area contributed by atoms with Crippen LogP contribution < -0.4 is 16.2 Å². The summed E-state index contributed by atoms with van der Waals surface area (Å²) in [5.41, 5.74) is 2.52. The van der Waals surface area contributed by atoms with Gasteiger partial charge in [-0.3, -0.25) is 5.43 Å². The molecule has 98 valence electrons. The molecule has 3 N–H and O–H groups in total. The fraction of sp³-hybridized carbons (Fsp3) is 0.667.